The van der Waals surface area contributed by atoms with Gasteiger partial charge in [-0.25, -0.2) is 4.79 Å². The maximum atomic E-state index is 9.69. The summed E-state index contributed by atoms with van der Waals surface area (Å²) in [7, 11) is 0. The Morgan fingerprint density at radius 3 is 2.43 bits per heavy atom. The van der Waals surface area contributed by atoms with E-state index in [0.717, 1.165) is 0 Å². The molecule has 0 saturated heterocycles. The number of hydrogen-bond donors (Lipinski definition) is 2. The molecule has 0 spiro atoms. The monoisotopic (exact) mass is 102 g/mol. The van der Waals surface area contributed by atoms with Gasteiger partial charge in [0.25, 0.3) is 0 Å². The van der Waals surface area contributed by atoms with Crippen LogP contribution in [-0.4, -0.2) is 31.6 Å². The van der Waals surface area contributed by atoms with Gasteiger partial charge in [-0.15, -0.1) is 0 Å². The molecule has 38 valence electrons. The summed E-state index contributed by atoms with van der Waals surface area (Å²) >= 11 is 0. The van der Waals surface area contributed by atoms with E-state index in [1.54, 1.807) is 0 Å². The van der Waals surface area contributed by atoms with Crippen LogP contribution in [0.4, 0.5) is 4.79 Å². The molecule has 1 rings (SSSR count). The van der Waals surface area contributed by atoms with Gasteiger partial charge in [-0.1, -0.05) is 4.80 Å². The van der Waals surface area contributed by atoms with Crippen molar-refractivity contribution in [3.8, 4) is 0 Å². The highest BCUT2D eigenvalue weighted by atomic mass is 16.4. The van der Waals surface area contributed by atoms with Crippen LogP contribution in [0, 0.1) is 0 Å². The fourth-order valence-electron chi connectivity index (χ4n) is 0.170. The first-order valence-corrected chi connectivity index (χ1v) is 1.50. The third kappa shape index (κ3) is 0.443. The van der Waals surface area contributed by atoms with Crippen molar-refractivity contribution >= 4 is 6.09 Å². The van der Waals surface area contributed by atoms with Crippen molar-refractivity contribution < 1.29 is 9.90 Å². The number of carboxylic acid groups (broad SMARTS) is 1. The van der Waals surface area contributed by atoms with Gasteiger partial charge in [0.15, 0.2) is 0 Å². The number of carbonyl (C=O) groups is 1. The largest absolute Gasteiger partial charge is 0.462 e. The molecule has 1 aromatic rings. The van der Waals surface area contributed by atoms with Gasteiger partial charge in [-0.05, 0) is 10.4 Å². The number of nitrogens with zero attached hydrogens (tertiary/aromatic N) is 3. The van der Waals surface area contributed by atoms with Crippen LogP contribution in [0.15, 0.2) is 0 Å². The van der Waals surface area contributed by atoms with Crippen LogP contribution in [-0.2, 0) is 0 Å². The van der Waals surface area contributed by atoms with Crippen molar-refractivity contribution in [3.63, 3.8) is 0 Å². The van der Waals surface area contributed by atoms with Gasteiger partial charge in [0, 0.05) is 0 Å². The normalized spacial score (nSPS) is 9.14. The molecule has 1 aromatic heterocycles. The Labute approximate surface area is 37.7 Å². The first-order chi connectivity index (χ1) is 3.30. The summed E-state index contributed by atoms with van der Waals surface area (Å²) < 4.78 is 0. The number of rotatable bonds is 0. The summed E-state index contributed by atoms with van der Waals surface area (Å²) in [4.78, 5) is 10.3. The Morgan fingerprint density at radius 1 is 1.86 bits per heavy atom. The Bertz CT molecular complexity index is 154. The van der Waals surface area contributed by atoms with E-state index in [0.29, 0.717) is 4.80 Å². The maximum absolute atomic E-state index is 9.69. The predicted molar refractivity (Wildman–Crippen MR) is 17.8 cm³/mol. The molecule has 0 unspecified atom stereocenters. The average molecular weight is 102 g/mol. The van der Waals surface area contributed by atoms with E-state index in [-0.39, 0.29) is 0 Å². The van der Waals surface area contributed by atoms with Gasteiger partial charge < -0.3 is 5.11 Å². The van der Waals surface area contributed by atoms with Crippen LogP contribution in [0.5, 0.6) is 0 Å². The summed E-state index contributed by atoms with van der Waals surface area (Å²) in [6, 6.07) is 0. The van der Waals surface area contributed by atoms with Crippen LogP contribution in [0.25, 0.3) is 0 Å². The van der Waals surface area contributed by atoms with Crippen molar-refractivity contribution in [2.75, 3.05) is 0 Å². The summed E-state index contributed by atoms with van der Waals surface area (Å²) in [6.45, 7) is 0. The number of hydrogen-bond acceptors (Lipinski definition) is 3. The fraction of sp³-hybridized carbons (Fsp3) is 0. The van der Waals surface area contributed by atoms with Crippen LogP contribution in [0.1, 0.15) is 0 Å². The van der Waals surface area contributed by atoms with Crippen LogP contribution < -0.4 is 0 Å². The molecule has 6 heteroatoms. The number of aromatic amines is 1. The lowest BCUT2D eigenvalue weighted by Gasteiger charge is -1.94. The number of H-pyrrole nitrogens is 1. The molecule has 0 atom stereocenters. The molecule has 0 bridgehead atoms. The van der Waals surface area contributed by atoms with Gasteiger partial charge >= 0.3 is 6.09 Å². The van der Waals surface area contributed by atoms with E-state index in [1.165, 1.54) is 0 Å². The van der Waals surface area contributed by atoms with Crippen LogP contribution >= 0.6 is 0 Å². The molecule has 6 nitrogen and oxygen atoms in total. The second-order valence-corrected chi connectivity index (χ2v) is 0.884. The lowest BCUT2D eigenvalue weighted by molar-refractivity contribution is 0.176. The maximum Gasteiger partial charge on any atom is 0.450 e. The minimum atomic E-state index is -1.16. The SMILES string of the molecule is O=C(O)n1nn[nH]1. The smallest absolute Gasteiger partial charge is 0.450 e. The lowest BCUT2D eigenvalue weighted by atomic mass is 11.2. The average Bonchev–Trinajstić information content (AvgIpc) is 1.23. The molecule has 0 saturated carbocycles. The van der Waals surface area contributed by atoms with Gasteiger partial charge in [-0.3, -0.25) is 0 Å². The van der Waals surface area contributed by atoms with E-state index in [1.807, 2.05) is 5.21 Å². The highest BCUT2D eigenvalue weighted by molar-refractivity contribution is 5.64. The lowest BCUT2D eigenvalue weighted by Crippen LogP contribution is -2.23. The third-order valence-electron chi connectivity index (χ3n) is 0.455. The third-order valence-corrected chi connectivity index (χ3v) is 0.455. The number of aromatic nitrogens is 4. The van der Waals surface area contributed by atoms with Gasteiger partial charge in [-0.2, -0.15) is 5.21 Å². The molecule has 7 heavy (non-hydrogen) atoms. The first-order valence-electron chi connectivity index (χ1n) is 1.50. The molecule has 0 radical (unpaired) electrons. The second-order valence-electron chi connectivity index (χ2n) is 0.884. The van der Waals surface area contributed by atoms with Crippen molar-refractivity contribution in [2.45, 2.75) is 0 Å². The Morgan fingerprint density at radius 2 is 2.43 bits per heavy atom. The first kappa shape index (κ1) is 3.85. The Hall–Kier alpha value is -1.33. The van der Waals surface area contributed by atoms with Crippen molar-refractivity contribution in [1.82, 2.24) is 20.4 Å². The van der Waals surface area contributed by atoms with Crippen molar-refractivity contribution in [2.24, 2.45) is 0 Å². The van der Waals surface area contributed by atoms with Gasteiger partial charge in [0.1, 0.15) is 0 Å². The summed E-state index contributed by atoms with van der Waals surface area (Å²) in [6.07, 6.45) is -1.16. The van der Waals surface area contributed by atoms with Crippen LogP contribution in [0.2, 0.25) is 0 Å². The quantitative estimate of drug-likeness (QED) is 0.446. The standard InChI is InChI=1S/CH2N4O2/c6-1(7)5-3-2-4-5/h(H,3,4)(H,6,7). The topological polar surface area (TPSA) is 83.8 Å². The highest BCUT2D eigenvalue weighted by Gasteiger charge is 1.99. The molecule has 2 N–H and O–H groups in total. The summed E-state index contributed by atoms with van der Waals surface area (Å²) in [5.41, 5.74) is 0. The molecule has 0 aliphatic rings. The Balaban J connectivity index is 2.73. The summed E-state index contributed by atoms with van der Waals surface area (Å²) in [5, 5.41) is 16.0. The van der Waals surface area contributed by atoms with E-state index >= 15 is 0 Å². The van der Waals surface area contributed by atoms with E-state index in [2.05, 4.69) is 10.4 Å². The Kier molecular flexibility index (Phi) is 0.588. The molecule has 0 amide bonds. The molecular weight excluding hydrogens is 100 g/mol. The van der Waals surface area contributed by atoms with Crippen molar-refractivity contribution in [1.29, 1.82) is 0 Å². The predicted octanol–water partition coefficient (Wildman–Crippen LogP) is -0.868. The van der Waals surface area contributed by atoms with Crippen molar-refractivity contribution in [3.05, 3.63) is 0 Å². The second kappa shape index (κ2) is 1.07. The van der Waals surface area contributed by atoms with Gasteiger partial charge in [0.2, 0.25) is 0 Å². The van der Waals surface area contributed by atoms with E-state index in [4.69, 9.17) is 5.11 Å². The van der Waals surface area contributed by atoms with Crippen LogP contribution in [0.3, 0.4) is 0 Å². The molecule has 0 aliphatic carbocycles. The zero-order chi connectivity index (χ0) is 5.28. The fourth-order valence-corrected chi connectivity index (χ4v) is 0.170. The zero-order valence-corrected chi connectivity index (χ0v) is 3.20. The molecular formula is CH2N4O2. The minimum Gasteiger partial charge on any atom is -0.462 e. The molecule has 0 aromatic carbocycles. The van der Waals surface area contributed by atoms with Gasteiger partial charge in [0.05, 0.1) is 0 Å². The zero-order valence-electron chi connectivity index (χ0n) is 3.20. The molecule has 0 aliphatic heterocycles. The van der Waals surface area contributed by atoms with E-state index in [9.17, 15) is 4.79 Å². The molecule has 0 fully saturated rings. The minimum absolute atomic E-state index is 0.597. The summed E-state index contributed by atoms with van der Waals surface area (Å²) in [5.74, 6) is 0. The molecule has 1 heterocycles. The van der Waals surface area contributed by atoms with E-state index < -0.39 is 6.09 Å². The highest BCUT2D eigenvalue weighted by Crippen LogP contribution is 1.67. The number of nitrogens with one attached hydrogen (secondary N) is 1.